The number of methoxy groups -OCH3 is 2. The largest absolute Gasteiger partial charge is 0.493 e. The minimum atomic E-state index is -0.449. The van der Waals surface area contributed by atoms with Gasteiger partial charge in [-0.3, -0.25) is 10.1 Å². The van der Waals surface area contributed by atoms with Gasteiger partial charge in [-0.1, -0.05) is 35.5 Å². The van der Waals surface area contributed by atoms with Crippen LogP contribution in [0.3, 0.4) is 0 Å². The summed E-state index contributed by atoms with van der Waals surface area (Å²) in [5.41, 5.74) is 2.00. The molecule has 0 aliphatic carbocycles. The van der Waals surface area contributed by atoms with E-state index in [1.807, 2.05) is 49.4 Å². The zero-order chi connectivity index (χ0) is 21.5. The van der Waals surface area contributed by atoms with Crippen LogP contribution in [0.15, 0.2) is 58.7 Å². The standard InChI is InChI=1S/C21H22N4O4S/c1-14-4-7-16(8-5-14)30-21-19(25(26)27)20(23-13-24-21)22-11-10-15-6-9-17(28-2)18(12-15)29-3/h4-9,12-13H,10-11H2,1-3H3,(H,22,23,24). The van der Waals surface area contributed by atoms with Crippen LogP contribution in [0.2, 0.25) is 0 Å². The van der Waals surface area contributed by atoms with Crippen molar-refractivity contribution >= 4 is 23.3 Å². The van der Waals surface area contributed by atoms with Crippen LogP contribution in [0.4, 0.5) is 11.5 Å². The average molecular weight is 426 g/mol. The van der Waals surface area contributed by atoms with E-state index in [0.29, 0.717) is 29.5 Å². The van der Waals surface area contributed by atoms with Gasteiger partial charge in [0.2, 0.25) is 5.82 Å². The molecule has 156 valence electrons. The third-order valence-corrected chi connectivity index (χ3v) is 5.36. The van der Waals surface area contributed by atoms with Crippen molar-refractivity contribution in [2.45, 2.75) is 23.3 Å². The molecule has 9 heteroatoms. The second-order valence-corrected chi connectivity index (χ2v) is 7.48. The molecule has 0 atom stereocenters. The molecule has 0 radical (unpaired) electrons. The summed E-state index contributed by atoms with van der Waals surface area (Å²) in [5, 5.41) is 15.1. The van der Waals surface area contributed by atoms with E-state index < -0.39 is 4.92 Å². The molecule has 1 aromatic heterocycles. The first kappa shape index (κ1) is 21.4. The molecule has 0 fully saturated rings. The highest BCUT2D eigenvalue weighted by atomic mass is 32.2. The number of rotatable bonds is 9. The van der Waals surface area contributed by atoms with Gasteiger partial charge in [-0.05, 0) is 43.2 Å². The van der Waals surface area contributed by atoms with Gasteiger partial charge in [-0.15, -0.1) is 0 Å². The molecule has 3 rings (SSSR count). The Kier molecular flexibility index (Phi) is 7.08. The SMILES string of the molecule is COc1ccc(CCNc2ncnc(Sc3ccc(C)cc3)c2[N+](=O)[O-])cc1OC. The third kappa shape index (κ3) is 5.18. The summed E-state index contributed by atoms with van der Waals surface area (Å²) in [5.74, 6) is 1.49. The second-order valence-electron chi connectivity index (χ2n) is 6.41. The maximum atomic E-state index is 11.7. The monoisotopic (exact) mass is 426 g/mol. The predicted molar refractivity (Wildman–Crippen MR) is 116 cm³/mol. The molecule has 0 amide bonds. The number of aromatic nitrogens is 2. The lowest BCUT2D eigenvalue weighted by Crippen LogP contribution is -2.10. The average Bonchev–Trinajstić information content (AvgIpc) is 2.75. The highest BCUT2D eigenvalue weighted by Crippen LogP contribution is 2.36. The first-order valence-corrected chi connectivity index (χ1v) is 10.0. The number of nitrogens with zero attached hydrogens (tertiary/aromatic N) is 3. The Labute approximate surface area is 178 Å². The van der Waals surface area contributed by atoms with Crippen molar-refractivity contribution in [1.29, 1.82) is 0 Å². The molecule has 3 aromatic rings. The summed E-state index contributed by atoms with van der Waals surface area (Å²) in [4.78, 5) is 20.4. The van der Waals surface area contributed by atoms with Crippen LogP contribution < -0.4 is 14.8 Å². The van der Waals surface area contributed by atoms with Crippen LogP contribution in [0, 0.1) is 17.0 Å². The zero-order valence-corrected chi connectivity index (χ0v) is 17.7. The second kappa shape index (κ2) is 9.93. The van der Waals surface area contributed by atoms with E-state index in [0.717, 1.165) is 16.0 Å². The highest BCUT2D eigenvalue weighted by Gasteiger charge is 2.23. The van der Waals surface area contributed by atoms with E-state index in [9.17, 15) is 10.1 Å². The van der Waals surface area contributed by atoms with E-state index in [-0.39, 0.29) is 11.5 Å². The lowest BCUT2D eigenvalue weighted by atomic mass is 10.1. The fraction of sp³-hybridized carbons (Fsp3) is 0.238. The molecular formula is C21H22N4O4S. The van der Waals surface area contributed by atoms with Crippen molar-refractivity contribution in [3.8, 4) is 11.5 Å². The lowest BCUT2D eigenvalue weighted by Gasteiger charge is -2.11. The van der Waals surface area contributed by atoms with Gasteiger partial charge in [-0.25, -0.2) is 9.97 Å². The van der Waals surface area contributed by atoms with Crippen LogP contribution >= 0.6 is 11.8 Å². The van der Waals surface area contributed by atoms with Gasteiger partial charge >= 0.3 is 5.69 Å². The van der Waals surface area contributed by atoms with Crippen LogP contribution in [0.1, 0.15) is 11.1 Å². The summed E-state index contributed by atoms with van der Waals surface area (Å²) in [6.45, 7) is 2.45. The van der Waals surface area contributed by atoms with Crippen LogP contribution in [0.25, 0.3) is 0 Å². The van der Waals surface area contributed by atoms with Gasteiger partial charge < -0.3 is 14.8 Å². The molecule has 1 N–H and O–H groups in total. The summed E-state index contributed by atoms with van der Waals surface area (Å²) in [6.07, 6.45) is 1.96. The minimum absolute atomic E-state index is 0.129. The first-order chi connectivity index (χ1) is 14.5. The topological polar surface area (TPSA) is 99.4 Å². The Balaban J connectivity index is 1.74. The first-order valence-electron chi connectivity index (χ1n) is 9.20. The molecule has 0 aliphatic heterocycles. The van der Waals surface area contributed by atoms with E-state index >= 15 is 0 Å². The predicted octanol–water partition coefficient (Wildman–Crippen LogP) is 4.52. The number of anilines is 1. The summed E-state index contributed by atoms with van der Waals surface area (Å²) >= 11 is 1.24. The number of hydrogen-bond acceptors (Lipinski definition) is 8. The smallest absolute Gasteiger partial charge is 0.343 e. The van der Waals surface area contributed by atoms with Crippen LogP contribution in [-0.4, -0.2) is 35.7 Å². The number of aryl methyl sites for hydroxylation is 1. The highest BCUT2D eigenvalue weighted by molar-refractivity contribution is 7.99. The molecular weight excluding hydrogens is 404 g/mol. The Bertz CT molecular complexity index is 1030. The summed E-state index contributed by atoms with van der Waals surface area (Å²) < 4.78 is 10.6. The van der Waals surface area contributed by atoms with Crippen LogP contribution in [0.5, 0.6) is 11.5 Å². The Hall–Kier alpha value is -3.33. The van der Waals surface area contributed by atoms with Crippen molar-refractivity contribution in [3.63, 3.8) is 0 Å². The number of ether oxygens (including phenoxy) is 2. The van der Waals surface area contributed by atoms with Gasteiger partial charge in [0.15, 0.2) is 16.5 Å². The molecule has 0 saturated carbocycles. The molecule has 0 bridgehead atoms. The van der Waals surface area contributed by atoms with E-state index in [4.69, 9.17) is 9.47 Å². The van der Waals surface area contributed by atoms with Crippen molar-refractivity contribution in [2.75, 3.05) is 26.1 Å². The summed E-state index contributed by atoms with van der Waals surface area (Å²) in [7, 11) is 3.16. The molecule has 0 aliphatic rings. The van der Waals surface area contributed by atoms with Gasteiger partial charge in [0.1, 0.15) is 6.33 Å². The maximum Gasteiger partial charge on any atom is 0.343 e. The number of nitro groups is 1. The fourth-order valence-corrected chi connectivity index (χ4v) is 3.67. The van der Waals surface area contributed by atoms with E-state index in [2.05, 4.69) is 15.3 Å². The molecule has 1 heterocycles. The van der Waals surface area contributed by atoms with Gasteiger partial charge in [0, 0.05) is 11.4 Å². The molecule has 0 saturated heterocycles. The molecule has 0 unspecified atom stereocenters. The van der Waals surface area contributed by atoms with Gasteiger partial charge in [0.05, 0.1) is 19.1 Å². The van der Waals surface area contributed by atoms with Gasteiger partial charge in [0.25, 0.3) is 0 Å². The van der Waals surface area contributed by atoms with Crippen molar-refractivity contribution in [1.82, 2.24) is 9.97 Å². The quantitative estimate of drug-likeness (QED) is 0.303. The Morgan fingerprint density at radius 3 is 2.47 bits per heavy atom. The molecule has 0 spiro atoms. The molecule has 2 aromatic carbocycles. The van der Waals surface area contributed by atoms with E-state index in [1.165, 1.54) is 18.1 Å². The summed E-state index contributed by atoms with van der Waals surface area (Å²) in [6, 6.07) is 13.4. The third-order valence-electron chi connectivity index (χ3n) is 4.36. The lowest BCUT2D eigenvalue weighted by molar-refractivity contribution is -0.387. The zero-order valence-electron chi connectivity index (χ0n) is 16.9. The van der Waals surface area contributed by atoms with Crippen LogP contribution in [-0.2, 0) is 6.42 Å². The van der Waals surface area contributed by atoms with Crippen molar-refractivity contribution < 1.29 is 14.4 Å². The minimum Gasteiger partial charge on any atom is -0.493 e. The van der Waals surface area contributed by atoms with Crippen molar-refractivity contribution in [3.05, 3.63) is 70.0 Å². The van der Waals surface area contributed by atoms with Crippen molar-refractivity contribution in [2.24, 2.45) is 0 Å². The fourth-order valence-electron chi connectivity index (χ4n) is 2.81. The molecule has 8 nitrogen and oxygen atoms in total. The Morgan fingerprint density at radius 1 is 1.07 bits per heavy atom. The van der Waals surface area contributed by atoms with E-state index in [1.54, 1.807) is 14.2 Å². The number of nitrogens with one attached hydrogen (secondary N) is 1. The number of benzene rings is 2. The van der Waals surface area contributed by atoms with Gasteiger partial charge in [-0.2, -0.15) is 0 Å². The maximum absolute atomic E-state index is 11.7. The Morgan fingerprint density at radius 2 is 1.80 bits per heavy atom. The molecule has 30 heavy (non-hydrogen) atoms. The number of hydrogen-bond donors (Lipinski definition) is 1. The normalized spacial score (nSPS) is 10.5.